The van der Waals surface area contributed by atoms with Gasteiger partial charge in [-0.05, 0) is 31.2 Å². The van der Waals surface area contributed by atoms with E-state index in [4.69, 9.17) is 34.3 Å². The van der Waals surface area contributed by atoms with Gasteiger partial charge in [0.2, 0.25) is 0 Å². The highest BCUT2D eigenvalue weighted by Gasteiger charge is 2.08. The number of aromatic nitrogens is 1. The Bertz CT molecular complexity index is 584. The van der Waals surface area contributed by atoms with E-state index in [9.17, 15) is 0 Å². The Morgan fingerprint density at radius 2 is 2.11 bits per heavy atom. The summed E-state index contributed by atoms with van der Waals surface area (Å²) in [4.78, 5) is 4.42. The molecule has 0 amide bonds. The topological polar surface area (TPSA) is 48.1 Å². The summed E-state index contributed by atoms with van der Waals surface area (Å²) in [5.41, 5.74) is 7.20. The van der Waals surface area contributed by atoms with Gasteiger partial charge in [-0.1, -0.05) is 23.8 Å². The van der Waals surface area contributed by atoms with Crippen LogP contribution in [0, 0.1) is 6.92 Å². The molecule has 0 saturated carbocycles. The number of halogens is 1. The van der Waals surface area contributed by atoms with E-state index < -0.39 is 0 Å². The highest BCUT2D eigenvalue weighted by atomic mass is 35.5. The first kappa shape index (κ1) is 12.8. The molecule has 3 nitrogen and oxygen atoms in total. The third kappa shape index (κ3) is 2.97. The van der Waals surface area contributed by atoms with Crippen molar-refractivity contribution in [2.75, 3.05) is 0 Å². The van der Waals surface area contributed by atoms with E-state index in [-0.39, 0.29) is 4.99 Å². The maximum absolute atomic E-state index is 5.93. The van der Waals surface area contributed by atoms with Gasteiger partial charge in [0.15, 0.2) is 0 Å². The van der Waals surface area contributed by atoms with Crippen LogP contribution in [-0.2, 0) is 0 Å². The highest BCUT2D eigenvalue weighted by Crippen LogP contribution is 2.28. The van der Waals surface area contributed by atoms with Crippen molar-refractivity contribution in [1.82, 2.24) is 4.98 Å². The lowest BCUT2D eigenvalue weighted by molar-refractivity contribution is 0.479. The maximum atomic E-state index is 5.93. The van der Waals surface area contributed by atoms with Crippen molar-refractivity contribution in [2.24, 2.45) is 5.73 Å². The lowest BCUT2D eigenvalue weighted by atomic mass is 10.2. The summed E-state index contributed by atoms with van der Waals surface area (Å²) in [6, 6.07) is 8.82. The van der Waals surface area contributed by atoms with Crippen LogP contribution in [0.2, 0.25) is 5.02 Å². The molecule has 0 atom stereocenters. The molecule has 0 spiro atoms. The van der Waals surface area contributed by atoms with Crippen LogP contribution in [0.4, 0.5) is 0 Å². The van der Waals surface area contributed by atoms with Gasteiger partial charge in [-0.25, -0.2) is 0 Å². The summed E-state index contributed by atoms with van der Waals surface area (Å²) in [6.45, 7) is 1.91. The molecule has 2 rings (SSSR count). The maximum Gasteiger partial charge on any atom is 0.145 e. The van der Waals surface area contributed by atoms with Crippen LogP contribution >= 0.6 is 23.8 Å². The van der Waals surface area contributed by atoms with Gasteiger partial charge >= 0.3 is 0 Å². The fourth-order valence-electron chi connectivity index (χ4n) is 1.43. The zero-order valence-corrected chi connectivity index (χ0v) is 11.3. The molecular formula is C13H11ClN2OS. The monoisotopic (exact) mass is 278 g/mol. The van der Waals surface area contributed by atoms with Crippen LogP contribution in [0.1, 0.15) is 11.3 Å². The van der Waals surface area contributed by atoms with Crippen molar-refractivity contribution in [3.63, 3.8) is 0 Å². The largest absolute Gasteiger partial charge is 0.455 e. The van der Waals surface area contributed by atoms with Crippen molar-refractivity contribution in [3.05, 3.63) is 52.8 Å². The number of nitrogens with zero attached hydrogens (tertiary/aromatic N) is 1. The second-order valence-electron chi connectivity index (χ2n) is 3.74. The molecule has 0 aliphatic rings. The zero-order valence-electron chi connectivity index (χ0n) is 9.68. The van der Waals surface area contributed by atoms with E-state index in [2.05, 4.69) is 4.98 Å². The molecule has 2 N–H and O–H groups in total. The minimum atomic E-state index is 0.265. The quantitative estimate of drug-likeness (QED) is 0.874. The van der Waals surface area contributed by atoms with Gasteiger partial charge in [-0.3, -0.25) is 4.98 Å². The molecule has 5 heteroatoms. The average molecular weight is 279 g/mol. The van der Waals surface area contributed by atoms with Crippen LogP contribution in [0.15, 0.2) is 36.5 Å². The molecule has 1 aromatic carbocycles. The number of benzene rings is 1. The van der Waals surface area contributed by atoms with Crippen LogP contribution in [0.3, 0.4) is 0 Å². The van der Waals surface area contributed by atoms with Crippen molar-refractivity contribution >= 4 is 28.8 Å². The first-order chi connectivity index (χ1) is 8.56. The molecule has 0 aliphatic carbocycles. The van der Waals surface area contributed by atoms with E-state index in [1.165, 1.54) is 0 Å². The highest BCUT2D eigenvalue weighted by molar-refractivity contribution is 7.80. The molecular weight excluding hydrogens is 268 g/mol. The summed E-state index contributed by atoms with van der Waals surface area (Å²) in [6.07, 6.45) is 1.64. The number of thiocarbonyl (C=S) groups is 1. The normalized spacial score (nSPS) is 10.1. The Labute approximate surface area is 116 Å². The SMILES string of the molecule is Cc1ccc(Oc2cc(Cl)ccc2C(N)=S)cn1. The lowest BCUT2D eigenvalue weighted by Gasteiger charge is -2.10. The number of hydrogen-bond acceptors (Lipinski definition) is 3. The fourth-order valence-corrected chi connectivity index (χ4v) is 1.76. The molecule has 0 fully saturated rings. The molecule has 92 valence electrons. The van der Waals surface area contributed by atoms with Crippen LogP contribution in [0.25, 0.3) is 0 Å². The summed E-state index contributed by atoms with van der Waals surface area (Å²) in [7, 11) is 0. The summed E-state index contributed by atoms with van der Waals surface area (Å²) in [5, 5.41) is 0.560. The molecule has 18 heavy (non-hydrogen) atoms. The second-order valence-corrected chi connectivity index (χ2v) is 4.62. The first-order valence-electron chi connectivity index (χ1n) is 5.26. The summed E-state index contributed by atoms with van der Waals surface area (Å²) in [5.74, 6) is 1.14. The molecule has 1 heterocycles. The molecule has 0 saturated heterocycles. The summed E-state index contributed by atoms with van der Waals surface area (Å²) < 4.78 is 5.69. The smallest absolute Gasteiger partial charge is 0.145 e. The van der Waals surface area contributed by atoms with Gasteiger partial charge in [-0.15, -0.1) is 0 Å². The third-order valence-electron chi connectivity index (χ3n) is 2.32. The molecule has 2 aromatic rings. The van der Waals surface area contributed by atoms with Crippen molar-refractivity contribution in [3.8, 4) is 11.5 Å². The van der Waals surface area contributed by atoms with Crippen LogP contribution in [-0.4, -0.2) is 9.97 Å². The first-order valence-corrected chi connectivity index (χ1v) is 6.05. The Kier molecular flexibility index (Phi) is 3.79. The minimum Gasteiger partial charge on any atom is -0.455 e. The van der Waals surface area contributed by atoms with E-state index in [1.807, 2.05) is 19.1 Å². The van der Waals surface area contributed by atoms with Crippen molar-refractivity contribution in [2.45, 2.75) is 6.92 Å². The van der Waals surface area contributed by atoms with E-state index in [0.29, 0.717) is 22.1 Å². The number of pyridine rings is 1. The van der Waals surface area contributed by atoms with Gasteiger partial charge < -0.3 is 10.5 Å². The molecule has 0 radical (unpaired) electrons. The van der Waals surface area contributed by atoms with E-state index >= 15 is 0 Å². The lowest BCUT2D eigenvalue weighted by Crippen LogP contribution is -2.10. The van der Waals surface area contributed by atoms with Crippen LogP contribution < -0.4 is 10.5 Å². The predicted molar refractivity (Wildman–Crippen MR) is 76.4 cm³/mol. The fraction of sp³-hybridized carbons (Fsp3) is 0.0769. The van der Waals surface area contributed by atoms with E-state index in [1.54, 1.807) is 24.4 Å². The summed E-state index contributed by atoms with van der Waals surface area (Å²) >= 11 is 10.9. The number of ether oxygens (including phenoxy) is 1. The van der Waals surface area contributed by atoms with Gasteiger partial charge in [0.1, 0.15) is 16.5 Å². The van der Waals surface area contributed by atoms with Crippen molar-refractivity contribution in [1.29, 1.82) is 0 Å². The average Bonchev–Trinajstić information content (AvgIpc) is 2.32. The van der Waals surface area contributed by atoms with Crippen LogP contribution in [0.5, 0.6) is 11.5 Å². The van der Waals surface area contributed by atoms with Gasteiger partial charge in [0.25, 0.3) is 0 Å². The molecule has 1 aromatic heterocycles. The predicted octanol–water partition coefficient (Wildman–Crippen LogP) is 3.47. The number of rotatable bonds is 3. The standard InChI is InChI=1S/C13H11ClN2OS/c1-8-2-4-10(7-16-8)17-12-6-9(14)3-5-11(12)13(15)18/h2-7H,1H3,(H2,15,18). The van der Waals surface area contributed by atoms with Crippen molar-refractivity contribution < 1.29 is 4.74 Å². The number of nitrogens with two attached hydrogens (primary N) is 1. The van der Waals surface area contributed by atoms with Gasteiger partial charge in [-0.2, -0.15) is 0 Å². The zero-order chi connectivity index (χ0) is 13.1. The molecule has 0 bridgehead atoms. The Morgan fingerprint density at radius 1 is 1.33 bits per heavy atom. The van der Waals surface area contributed by atoms with Gasteiger partial charge in [0, 0.05) is 16.8 Å². The number of hydrogen-bond donors (Lipinski definition) is 1. The van der Waals surface area contributed by atoms with Gasteiger partial charge in [0.05, 0.1) is 11.8 Å². The Balaban J connectivity index is 2.35. The molecule has 0 unspecified atom stereocenters. The molecule has 0 aliphatic heterocycles. The minimum absolute atomic E-state index is 0.265. The number of aryl methyl sites for hydroxylation is 1. The Hall–Kier alpha value is -1.65. The Morgan fingerprint density at radius 3 is 2.72 bits per heavy atom. The van der Waals surface area contributed by atoms with E-state index in [0.717, 1.165) is 5.69 Å². The third-order valence-corrected chi connectivity index (χ3v) is 2.78. The second kappa shape index (κ2) is 5.33.